The van der Waals surface area contributed by atoms with Crippen LogP contribution >= 0.6 is 0 Å². The Balaban J connectivity index is 2.75. The molecule has 1 aromatic rings. The smallest absolute Gasteiger partial charge is 0.193 e. The molecule has 0 aliphatic carbocycles. The van der Waals surface area contributed by atoms with Gasteiger partial charge in [0.15, 0.2) is 11.7 Å². The maximum Gasteiger partial charge on any atom is 0.193 e. The number of halogens is 1. The summed E-state index contributed by atoms with van der Waals surface area (Å²) in [5, 5.41) is 0. The third kappa shape index (κ3) is 3.69. The van der Waals surface area contributed by atoms with Gasteiger partial charge in [0.25, 0.3) is 0 Å². The Kier molecular flexibility index (Phi) is 4.45. The normalized spacial score (nSPS) is 11.8. The Morgan fingerprint density at radius 2 is 1.94 bits per heavy atom. The maximum absolute atomic E-state index is 13.6. The number of hydrogen-bond donors (Lipinski definition) is 0. The molecule has 0 aliphatic heterocycles. The quantitative estimate of drug-likeness (QED) is 0.440. The van der Waals surface area contributed by atoms with Crippen LogP contribution in [-0.2, 0) is 4.79 Å². The van der Waals surface area contributed by atoms with Crippen molar-refractivity contribution in [1.82, 2.24) is 0 Å². The van der Waals surface area contributed by atoms with Gasteiger partial charge in [0, 0.05) is 12.7 Å². The summed E-state index contributed by atoms with van der Waals surface area (Å²) in [7, 11) is 1.63. The lowest BCUT2D eigenvalue weighted by atomic mass is 10.3. The first-order chi connectivity index (χ1) is 7.61. The van der Waals surface area contributed by atoms with E-state index >= 15 is 0 Å². The minimum atomic E-state index is -0.413. The summed E-state index contributed by atoms with van der Waals surface area (Å²) in [5.74, 6) is -0.518. The van der Waals surface area contributed by atoms with Crippen molar-refractivity contribution in [3.8, 4) is 0 Å². The zero-order valence-corrected chi connectivity index (χ0v) is 9.35. The molecule has 0 atom stereocenters. The average molecular weight is 219 g/mol. The van der Waals surface area contributed by atoms with Gasteiger partial charge in [-0.05, 0) is 31.2 Å². The largest absolute Gasteiger partial charge is 0.321 e. The highest BCUT2D eigenvalue weighted by molar-refractivity contribution is 5.87. The Hall–Kier alpha value is -1.90. The first-order valence-electron chi connectivity index (χ1n) is 4.94. The molecular formula is C13H14FNO. The molecule has 0 amide bonds. The van der Waals surface area contributed by atoms with Crippen molar-refractivity contribution < 1.29 is 9.18 Å². The van der Waals surface area contributed by atoms with Crippen LogP contribution in [0.3, 0.4) is 0 Å². The number of carbonyl (C=O) groups excluding carboxylic acids is 1. The highest BCUT2D eigenvalue weighted by atomic mass is 19.1. The van der Waals surface area contributed by atoms with Gasteiger partial charge in [-0.1, -0.05) is 24.3 Å². The zero-order valence-electron chi connectivity index (χ0n) is 9.35. The molecule has 0 radical (unpaired) electrons. The summed E-state index contributed by atoms with van der Waals surface area (Å²) in [5.41, 5.74) is 0.757. The molecule has 16 heavy (non-hydrogen) atoms. The summed E-state index contributed by atoms with van der Waals surface area (Å²) in [6.45, 7) is 1.42. The van der Waals surface area contributed by atoms with Gasteiger partial charge in [-0.2, -0.15) is 4.39 Å². The summed E-state index contributed by atoms with van der Waals surface area (Å²) in [6.07, 6.45) is 3.98. The van der Waals surface area contributed by atoms with Crippen molar-refractivity contribution in [1.29, 1.82) is 0 Å². The van der Waals surface area contributed by atoms with E-state index in [4.69, 9.17) is 0 Å². The fraction of sp³-hybridized carbons (Fsp3) is 0.154. The summed E-state index contributed by atoms with van der Waals surface area (Å²) < 4.78 is 13.6. The standard InChI is InChI=1S/C13H14FNO/c1-11(16)7-6-10-13(14)15(2)12-8-4-3-5-9-12/h3-10H,1-2H3/b7-6+,13-10+. The second-order valence-electron chi connectivity index (χ2n) is 3.35. The molecule has 84 valence electrons. The molecule has 1 aromatic carbocycles. The highest BCUT2D eigenvalue weighted by Gasteiger charge is 2.03. The van der Waals surface area contributed by atoms with Crippen molar-refractivity contribution in [2.24, 2.45) is 0 Å². The molecule has 0 N–H and O–H groups in total. The molecule has 0 aliphatic rings. The number of ketones is 1. The van der Waals surface area contributed by atoms with Crippen LogP contribution in [0.1, 0.15) is 6.92 Å². The third-order valence-electron chi connectivity index (χ3n) is 2.03. The number of rotatable bonds is 4. The van der Waals surface area contributed by atoms with Crippen molar-refractivity contribution in [2.45, 2.75) is 6.92 Å². The number of carbonyl (C=O) groups is 1. The molecule has 0 bridgehead atoms. The van der Waals surface area contributed by atoms with Crippen LogP contribution < -0.4 is 4.90 Å². The van der Waals surface area contributed by atoms with E-state index in [-0.39, 0.29) is 5.78 Å². The predicted molar refractivity (Wildman–Crippen MR) is 63.9 cm³/mol. The molecule has 0 spiro atoms. The zero-order chi connectivity index (χ0) is 12.0. The lowest BCUT2D eigenvalue weighted by Crippen LogP contribution is -2.12. The van der Waals surface area contributed by atoms with Gasteiger partial charge in [0.1, 0.15) is 0 Å². The SMILES string of the molecule is CC(=O)/C=C/C=C(\F)N(C)c1ccccc1. The van der Waals surface area contributed by atoms with Gasteiger partial charge in [-0.15, -0.1) is 0 Å². The molecule has 0 unspecified atom stereocenters. The third-order valence-corrected chi connectivity index (χ3v) is 2.03. The lowest BCUT2D eigenvalue weighted by molar-refractivity contribution is -0.112. The number of nitrogens with zero attached hydrogens (tertiary/aromatic N) is 1. The van der Waals surface area contributed by atoms with Gasteiger partial charge in [0.05, 0.1) is 0 Å². The van der Waals surface area contributed by atoms with Crippen molar-refractivity contribution in [2.75, 3.05) is 11.9 Å². The number of hydrogen-bond acceptors (Lipinski definition) is 2. The second-order valence-corrected chi connectivity index (χ2v) is 3.35. The number of benzene rings is 1. The number of allylic oxidation sites excluding steroid dienone is 3. The Labute approximate surface area is 94.7 Å². The van der Waals surface area contributed by atoms with E-state index in [0.717, 1.165) is 5.69 Å². The van der Waals surface area contributed by atoms with Crippen molar-refractivity contribution in [3.63, 3.8) is 0 Å². The van der Waals surface area contributed by atoms with E-state index in [1.807, 2.05) is 30.3 Å². The summed E-state index contributed by atoms with van der Waals surface area (Å²) >= 11 is 0. The molecule has 3 heteroatoms. The Bertz CT molecular complexity index is 409. The topological polar surface area (TPSA) is 20.3 Å². The highest BCUT2D eigenvalue weighted by Crippen LogP contribution is 2.16. The molecular weight excluding hydrogens is 205 g/mol. The Morgan fingerprint density at radius 3 is 2.50 bits per heavy atom. The van der Waals surface area contributed by atoms with Crippen molar-refractivity contribution >= 4 is 11.5 Å². The van der Waals surface area contributed by atoms with Gasteiger partial charge in [-0.3, -0.25) is 4.79 Å². The van der Waals surface area contributed by atoms with Gasteiger partial charge in [0.2, 0.25) is 0 Å². The number of anilines is 1. The molecule has 2 nitrogen and oxygen atoms in total. The maximum atomic E-state index is 13.6. The second kappa shape index (κ2) is 5.85. The van der Waals surface area contributed by atoms with E-state index in [1.165, 1.54) is 30.1 Å². The van der Waals surface area contributed by atoms with Crippen molar-refractivity contribution in [3.05, 3.63) is 54.5 Å². The lowest BCUT2D eigenvalue weighted by Gasteiger charge is -2.15. The van der Waals surface area contributed by atoms with Crippen LogP contribution in [0.15, 0.2) is 54.5 Å². The van der Waals surface area contributed by atoms with E-state index in [9.17, 15) is 9.18 Å². The molecule has 0 heterocycles. The minimum absolute atomic E-state index is 0.105. The van der Waals surface area contributed by atoms with Crippen LogP contribution in [0.2, 0.25) is 0 Å². The number of para-hydroxylation sites is 1. The summed E-state index contributed by atoms with van der Waals surface area (Å²) in [4.78, 5) is 12.0. The van der Waals surface area contributed by atoms with E-state index in [1.54, 1.807) is 7.05 Å². The Morgan fingerprint density at radius 1 is 1.31 bits per heavy atom. The van der Waals surface area contributed by atoms with E-state index in [0.29, 0.717) is 0 Å². The first-order valence-corrected chi connectivity index (χ1v) is 4.94. The van der Waals surface area contributed by atoms with E-state index < -0.39 is 5.95 Å². The van der Waals surface area contributed by atoms with Gasteiger partial charge >= 0.3 is 0 Å². The molecule has 0 saturated carbocycles. The van der Waals surface area contributed by atoms with Crippen LogP contribution in [0, 0.1) is 0 Å². The molecule has 1 rings (SSSR count). The van der Waals surface area contributed by atoms with E-state index in [2.05, 4.69) is 0 Å². The van der Waals surface area contributed by atoms with Gasteiger partial charge < -0.3 is 4.90 Å². The van der Waals surface area contributed by atoms with Crippen LogP contribution in [0.4, 0.5) is 10.1 Å². The fourth-order valence-corrected chi connectivity index (χ4v) is 1.15. The summed E-state index contributed by atoms with van der Waals surface area (Å²) in [6, 6.07) is 9.16. The van der Waals surface area contributed by atoms with Gasteiger partial charge in [-0.25, -0.2) is 0 Å². The first kappa shape index (κ1) is 12.2. The fourth-order valence-electron chi connectivity index (χ4n) is 1.15. The average Bonchev–Trinajstić information content (AvgIpc) is 2.28. The van der Waals surface area contributed by atoms with Crippen LogP contribution in [0.5, 0.6) is 0 Å². The molecule has 0 fully saturated rings. The molecule has 0 saturated heterocycles. The minimum Gasteiger partial charge on any atom is -0.321 e. The molecule has 0 aromatic heterocycles. The van der Waals surface area contributed by atoms with Crippen LogP contribution in [0.25, 0.3) is 0 Å². The van der Waals surface area contributed by atoms with Crippen LogP contribution in [-0.4, -0.2) is 12.8 Å². The predicted octanol–water partition coefficient (Wildman–Crippen LogP) is 3.08. The monoisotopic (exact) mass is 219 g/mol.